The van der Waals surface area contributed by atoms with E-state index < -0.39 is 0 Å². The number of aryl methyl sites for hydroxylation is 2. The van der Waals surface area contributed by atoms with Crippen molar-refractivity contribution < 1.29 is 4.39 Å². The summed E-state index contributed by atoms with van der Waals surface area (Å²) in [5.41, 5.74) is 1.85. The number of hydrogen-bond donors (Lipinski definition) is 1. The van der Waals surface area contributed by atoms with Gasteiger partial charge in [-0.2, -0.15) is 0 Å². The Morgan fingerprint density at radius 2 is 2.10 bits per heavy atom. The SMILES string of the molecule is CCCNC(Cc1c(F)cccc1Cl)c1cc(C)sc1C. The van der Waals surface area contributed by atoms with Crippen LogP contribution in [-0.4, -0.2) is 6.54 Å². The Morgan fingerprint density at radius 1 is 1.33 bits per heavy atom. The van der Waals surface area contributed by atoms with E-state index in [4.69, 9.17) is 11.6 Å². The van der Waals surface area contributed by atoms with E-state index in [1.807, 2.05) is 0 Å². The van der Waals surface area contributed by atoms with Crippen LogP contribution in [0.1, 0.15) is 40.3 Å². The molecule has 1 nitrogen and oxygen atoms in total. The van der Waals surface area contributed by atoms with E-state index in [9.17, 15) is 4.39 Å². The third-order valence-corrected chi connectivity index (χ3v) is 4.90. The molecule has 1 aromatic carbocycles. The van der Waals surface area contributed by atoms with Gasteiger partial charge in [0.15, 0.2) is 0 Å². The third-order valence-electron chi connectivity index (χ3n) is 3.57. The molecule has 0 aliphatic rings. The van der Waals surface area contributed by atoms with Gasteiger partial charge in [0.05, 0.1) is 0 Å². The van der Waals surface area contributed by atoms with Crippen molar-refractivity contribution in [3.63, 3.8) is 0 Å². The Bertz CT molecular complexity index is 589. The van der Waals surface area contributed by atoms with Gasteiger partial charge in [-0.3, -0.25) is 0 Å². The Hall–Kier alpha value is -0.900. The van der Waals surface area contributed by atoms with Crippen LogP contribution in [0.5, 0.6) is 0 Å². The van der Waals surface area contributed by atoms with Crippen LogP contribution in [0.2, 0.25) is 5.02 Å². The van der Waals surface area contributed by atoms with Gasteiger partial charge in [0.2, 0.25) is 0 Å². The molecule has 0 aliphatic heterocycles. The zero-order chi connectivity index (χ0) is 15.4. The van der Waals surface area contributed by atoms with Gasteiger partial charge in [-0.25, -0.2) is 4.39 Å². The standard InChI is InChI=1S/C17H21ClFNS/c1-4-8-20-17(13-9-11(2)21-12(13)3)10-14-15(18)6-5-7-16(14)19/h5-7,9,17,20H,4,8,10H2,1-3H3. The molecule has 0 aliphatic carbocycles. The highest BCUT2D eigenvalue weighted by molar-refractivity contribution is 7.12. The fourth-order valence-corrected chi connectivity index (χ4v) is 3.77. The van der Waals surface area contributed by atoms with Crippen molar-refractivity contribution in [2.24, 2.45) is 0 Å². The average Bonchev–Trinajstić information content (AvgIpc) is 2.76. The third kappa shape index (κ3) is 4.06. The number of halogens is 2. The predicted molar refractivity (Wildman–Crippen MR) is 89.9 cm³/mol. The van der Waals surface area contributed by atoms with Crippen molar-refractivity contribution in [2.45, 2.75) is 39.7 Å². The summed E-state index contributed by atoms with van der Waals surface area (Å²) in [7, 11) is 0. The molecule has 0 amide bonds. The van der Waals surface area contributed by atoms with E-state index in [1.54, 1.807) is 23.5 Å². The second-order valence-corrected chi connectivity index (χ2v) is 7.15. The van der Waals surface area contributed by atoms with Crippen LogP contribution in [-0.2, 0) is 6.42 Å². The Balaban J connectivity index is 2.30. The first kappa shape index (κ1) is 16.5. The summed E-state index contributed by atoms with van der Waals surface area (Å²) >= 11 is 7.96. The van der Waals surface area contributed by atoms with Crippen LogP contribution in [0.4, 0.5) is 4.39 Å². The molecule has 0 fully saturated rings. The molecule has 1 atom stereocenters. The predicted octanol–water partition coefficient (Wildman–Crippen LogP) is 5.44. The molecule has 0 radical (unpaired) electrons. The van der Waals surface area contributed by atoms with Crippen LogP contribution in [0.3, 0.4) is 0 Å². The maximum atomic E-state index is 14.0. The molecule has 1 heterocycles. The van der Waals surface area contributed by atoms with E-state index >= 15 is 0 Å². The number of rotatable bonds is 6. The quantitative estimate of drug-likeness (QED) is 0.745. The molecule has 21 heavy (non-hydrogen) atoms. The Labute approximate surface area is 135 Å². The zero-order valence-corrected chi connectivity index (χ0v) is 14.2. The average molecular weight is 326 g/mol. The zero-order valence-electron chi connectivity index (χ0n) is 12.7. The second-order valence-electron chi connectivity index (χ2n) is 5.28. The number of hydrogen-bond acceptors (Lipinski definition) is 2. The summed E-state index contributed by atoms with van der Waals surface area (Å²) in [5, 5.41) is 4.03. The highest BCUT2D eigenvalue weighted by Crippen LogP contribution is 2.31. The van der Waals surface area contributed by atoms with Gasteiger partial charge in [0, 0.05) is 26.4 Å². The first-order valence-corrected chi connectivity index (χ1v) is 8.45. The van der Waals surface area contributed by atoms with Crippen molar-refractivity contribution in [3.8, 4) is 0 Å². The first-order chi connectivity index (χ1) is 10.0. The number of thiophene rings is 1. The van der Waals surface area contributed by atoms with Crippen LogP contribution in [0.15, 0.2) is 24.3 Å². The van der Waals surface area contributed by atoms with Gasteiger partial charge in [-0.05, 0) is 57.0 Å². The topological polar surface area (TPSA) is 12.0 Å². The lowest BCUT2D eigenvalue weighted by Crippen LogP contribution is -2.24. The molecule has 2 aromatic rings. The molecule has 2 rings (SSSR count). The van der Waals surface area contributed by atoms with E-state index in [2.05, 4.69) is 32.2 Å². The second kappa shape index (κ2) is 7.39. The Kier molecular flexibility index (Phi) is 5.80. The maximum Gasteiger partial charge on any atom is 0.127 e. The highest BCUT2D eigenvalue weighted by Gasteiger charge is 2.19. The molecular weight excluding hydrogens is 305 g/mol. The smallest absolute Gasteiger partial charge is 0.127 e. The van der Waals surface area contributed by atoms with Crippen LogP contribution >= 0.6 is 22.9 Å². The lowest BCUT2D eigenvalue weighted by Gasteiger charge is -2.20. The largest absolute Gasteiger partial charge is 0.310 e. The van der Waals surface area contributed by atoms with E-state index in [0.717, 1.165) is 13.0 Å². The minimum absolute atomic E-state index is 0.101. The summed E-state index contributed by atoms with van der Waals surface area (Å²) in [5.74, 6) is -0.226. The summed E-state index contributed by atoms with van der Waals surface area (Å²) in [6.07, 6.45) is 1.62. The molecule has 0 saturated heterocycles. The van der Waals surface area contributed by atoms with E-state index in [-0.39, 0.29) is 11.9 Å². The normalized spacial score (nSPS) is 12.6. The molecular formula is C17H21ClFNS. The van der Waals surface area contributed by atoms with Crippen LogP contribution in [0, 0.1) is 19.7 Å². The van der Waals surface area contributed by atoms with Crippen molar-refractivity contribution >= 4 is 22.9 Å². The summed E-state index contributed by atoms with van der Waals surface area (Å²) in [4.78, 5) is 2.57. The maximum absolute atomic E-state index is 14.0. The van der Waals surface area contributed by atoms with Gasteiger partial charge in [-0.1, -0.05) is 24.6 Å². The number of nitrogens with one attached hydrogen (secondary N) is 1. The number of benzene rings is 1. The first-order valence-electron chi connectivity index (χ1n) is 7.26. The molecule has 0 saturated carbocycles. The summed E-state index contributed by atoms with van der Waals surface area (Å²) in [6.45, 7) is 7.27. The fourth-order valence-electron chi connectivity index (χ4n) is 2.54. The monoisotopic (exact) mass is 325 g/mol. The van der Waals surface area contributed by atoms with Gasteiger partial charge in [0.25, 0.3) is 0 Å². The summed E-state index contributed by atoms with van der Waals surface area (Å²) in [6, 6.07) is 7.17. The molecule has 1 unspecified atom stereocenters. The van der Waals surface area contributed by atoms with Gasteiger partial charge in [0.1, 0.15) is 5.82 Å². The summed E-state index contributed by atoms with van der Waals surface area (Å²) < 4.78 is 14.0. The molecule has 1 N–H and O–H groups in total. The van der Waals surface area contributed by atoms with Crippen molar-refractivity contribution in [2.75, 3.05) is 6.54 Å². The van der Waals surface area contributed by atoms with Crippen LogP contribution in [0.25, 0.3) is 0 Å². The molecule has 4 heteroatoms. The van der Waals surface area contributed by atoms with Gasteiger partial charge < -0.3 is 5.32 Å². The van der Waals surface area contributed by atoms with E-state index in [1.165, 1.54) is 21.4 Å². The molecule has 1 aromatic heterocycles. The minimum atomic E-state index is -0.226. The highest BCUT2D eigenvalue weighted by atomic mass is 35.5. The molecule has 0 bridgehead atoms. The van der Waals surface area contributed by atoms with Gasteiger partial charge in [-0.15, -0.1) is 11.3 Å². The van der Waals surface area contributed by atoms with Crippen LogP contribution < -0.4 is 5.32 Å². The minimum Gasteiger partial charge on any atom is -0.310 e. The van der Waals surface area contributed by atoms with Crippen molar-refractivity contribution in [1.29, 1.82) is 0 Å². The lowest BCUT2D eigenvalue weighted by atomic mass is 9.98. The van der Waals surface area contributed by atoms with E-state index in [0.29, 0.717) is 17.0 Å². The fraction of sp³-hybridized carbons (Fsp3) is 0.412. The molecule has 114 valence electrons. The Morgan fingerprint density at radius 3 is 2.67 bits per heavy atom. The van der Waals surface area contributed by atoms with Crippen molar-refractivity contribution in [1.82, 2.24) is 5.32 Å². The molecule has 0 spiro atoms. The lowest BCUT2D eigenvalue weighted by molar-refractivity contribution is 0.512. The van der Waals surface area contributed by atoms with Crippen molar-refractivity contribution in [3.05, 3.63) is 56.0 Å². The van der Waals surface area contributed by atoms with Gasteiger partial charge >= 0.3 is 0 Å².